The van der Waals surface area contributed by atoms with Crippen LogP contribution >= 0.6 is 0 Å². The highest BCUT2D eigenvalue weighted by Gasteiger charge is 2.35. The molecule has 0 aliphatic heterocycles. The van der Waals surface area contributed by atoms with Gasteiger partial charge < -0.3 is 10.4 Å². The summed E-state index contributed by atoms with van der Waals surface area (Å²) in [6.07, 6.45) is 2.84. The quantitative estimate of drug-likeness (QED) is 0.820. The largest absolute Gasteiger partial charge is 0.481 e. The SMILES string of the molecule is CC1=CCC(C(=O)O)C(C(=O)Nc2ccccc2)C1. The number of amides is 1. The number of anilines is 1. The lowest BCUT2D eigenvalue weighted by Crippen LogP contribution is -2.35. The minimum Gasteiger partial charge on any atom is -0.481 e. The van der Waals surface area contributed by atoms with Crippen molar-refractivity contribution in [2.75, 3.05) is 5.32 Å². The monoisotopic (exact) mass is 259 g/mol. The number of hydrogen-bond donors (Lipinski definition) is 2. The lowest BCUT2D eigenvalue weighted by atomic mass is 9.79. The summed E-state index contributed by atoms with van der Waals surface area (Å²) in [5.74, 6) is -2.25. The van der Waals surface area contributed by atoms with Crippen LogP contribution in [0.1, 0.15) is 19.8 Å². The third kappa shape index (κ3) is 3.22. The van der Waals surface area contributed by atoms with E-state index in [4.69, 9.17) is 0 Å². The molecular weight excluding hydrogens is 242 g/mol. The normalized spacial score (nSPS) is 22.5. The Morgan fingerprint density at radius 3 is 2.53 bits per heavy atom. The van der Waals surface area contributed by atoms with Gasteiger partial charge >= 0.3 is 5.97 Å². The van der Waals surface area contributed by atoms with Crippen LogP contribution in [0, 0.1) is 11.8 Å². The zero-order valence-corrected chi connectivity index (χ0v) is 10.8. The molecule has 1 aliphatic rings. The average molecular weight is 259 g/mol. The van der Waals surface area contributed by atoms with E-state index < -0.39 is 17.8 Å². The molecule has 1 aromatic rings. The van der Waals surface area contributed by atoms with Crippen molar-refractivity contribution in [2.24, 2.45) is 11.8 Å². The molecule has 0 saturated carbocycles. The fourth-order valence-electron chi connectivity index (χ4n) is 2.37. The van der Waals surface area contributed by atoms with Gasteiger partial charge in [-0.2, -0.15) is 0 Å². The van der Waals surface area contributed by atoms with E-state index in [1.165, 1.54) is 0 Å². The van der Waals surface area contributed by atoms with Crippen molar-refractivity contribution in [3.05, 3.63) is 42.0 Å². The molecule has 2 atom stereocenters. The van der Waals surface area contributed by atoms with Crippen LogP contribution in [0.25, 0.3) is 0 Å². The van der Waals surface area contributed by atoms with Crippen molar-refractivity contribution >= 4 is 17.6 Å². The van der Waals surface area contributed by atoms with E-state index in [-0.39, 0.29) is 5.91 Å². The van der Waals surface area contributed by atoms with Gasteiger partial charge in [0.15, 0.2) is 0 Å². The Bertz CT molecular complexity index is 507. The fraction of sp³-hybridized carbons (Fsp3) is 0.333. The Hall–Kier alpha value is -2.10. The van der Waals surface area contributed by atoms with Crippen LogP contribution in [-0.4, -0.2) is 17.0 Å². The molecule has 1 amide bonds. The predicted molar refractivity (Wildman–Crippen MR) is 72.7 cm³/mol. The maximum Gasteiger partial charge on any atom is 0.307 e. The summed E-state index contributed by atoms with van der Waals surface area (Å²) in [7, 11) is 0. The molecule has 2 N–H and O–H groups in total. The number of carbonyl (C=O) groups is 2. The van der Waals surface area contributed by atoms with E-state index in [9.17, 15) is 14.7 Å². The molecule has 0 bridgehead atoms. The number of carboxylic acids is 1. The number of benzene rings is 1. The number of para-hydroxylation sites is 1. The van der Waals surface area contributed by atoms with E-state index in [1.54, 1.807) is 12.1 Å². The van der Waals surface area contributed by atoms with Crippen LogP contribution in [0.4, 0.5) is 5.69 Å². The third-order valence-electron chi connectivity index (χ3n) is 3.44. The highest BCUT2D eigenvalue weighted by molar-refractivity contribution is 5.95. The Morgan fingerprint density at radius 1 is 1.21 bits per heavy atom. The molecule has 0 heterocycles. The molecule has 0 aromatic heterocycles. The summed E-state index contributed by atoms with van der Waals surface area (Å²) < 4.78 is 0. The van der Waals surface area contributed by atoms with Gasteiger partial charge in [0.2, 0.25) is 5.91 Å². The van der Waals surface area contributed by atoms with Gasteiger partial charge in [-0.3, -0.25) is 9.59 Å². The number of aliphatic carboxylic acids is 1. The minimum absolute atomic E-state index is 0.217. The molecule has 1 aliphatic carbocycles. The Morgan fingerprint density at radius 2 is 1.89 bits per heavy atom. The van der Waals surface area contributed by atoms with Crippen LogP contribution in [0.5, 0.6) is 0 Å². The molecule has 2 unspecified atom stereocenters. The predicted octanol–water partition coefficient (Wildman–Crippen LogP) is 2.68. The standard InChI is InChI=1S/C15H17NO3/c1-10-7-8-12(15(18)19)13(9-10)14(17)16-11-5-3-2-4-6-11/h2-7,12-13H,8-9H2,1H3,(H,16,17)(H,18,19). The summed E-state index contributed by atoms with van der Waals surface area (Å²) in [5, 5.41) is 12.0. The van der Waals surface area contributed by atoms with E-state index in [0.29, 0.717) is 18.5 Å². The number of carbonyl (C=O) groups excluding carboxylic acids is 1. The van der Waals surface area contributed by atoms with Crippen LogP contribution in [0.3, 0.4) is 0 Å². The second kappa shape index (κ2) is 5.69. The molecule has 1 aromatic carbocycles. The van der Waals surface area contributed by atoms with Crippen molar-refractivity contribution in [1.82, 2.24) is 0 Å². The molecule has 4 nitrogen and oxygen atoms in total. The topological polar surface area (TPSA) is 66.4 Å². The summed E-state index contributed by atoms with van der Waals surface area (Å²) in [4.78, 5) is 23.4. The first-order valence-corrected chi connectivity index (χ1v) is 6.32. The minimum atomic E-state index is -0.906. The zero-order chi connectivity index (χ0) is 13.8. The second-order valence-electron chi connectivity index (χ2n) is 4.90. The summed E-state index contributed by atoms with van der Waals surface area (Å²) in [6.45, 7) is 1.93. The molecule has 0 radical (unpaired) electrons. The Kier molecular flexibility index (Phi) is 4.00. The molecular formula is C15H17NO3. The molecule has 2 rings (SSSR count). The second-order valence-corrected chi connectivity index (χ2v) is 4.90. The molecule has 0 fully saturated rings. The van der Waals surface area contributed by atoms with Gasteiger partial charge in [0.05, 0.1) is 11.8 Å². The van der Waals surface area contributed by atoms with Crippen molar-refractivity contribution < 1.29 is 14.7 Å². The first kappa shape index (κ1) is 13.3. The van der Waals surface area contributed by atoms with Gasteiger partial charge in [0.1, 0.15) is 0 Å². The average Bonchev–Trinajstić information content (AvgIpc) is 2.39. The third-order valence-corrected chi connectivity index (χ3v) is 3.44. The van der Waals surface area contributed by atoms with Gasteiger partial charge in [-0.25, -0.2) is 0 Å². The highest BCUT2D eigenvalue weighted by Crippen LogP contribution is 2.30. The number of hydrogen-bond acceptors (Lipinski definition) is 2. The van der Waals surface area contributed by atoms with Crippen molar-refractivity contribution in [1.29, 1.82) is 0 Å². The van der Waals surface area contributed by atoms with Crippen molar-refractivity contribution in [2.45, 2.75) is 19.8 Å². The van der Waals surface area contributed by atoms with E-state index in [2.05, 4.69) is 5.32 Å². The Labute approximate surface area is 112 Å². The first-order valence-electron chi connectivity index (χ1n) is 6.32. The van der Waals surface area contributed by atoms with Gasteiger partial charge in [-0.1, -0.05) is 29.8 Å². The zero-order valence-electron chi connectivity index (χ0n) is 10.8. The van der Waals surface area contributed by atoms with E-state index >= 15 is 0 Å². The number of allylic oxidation sites excluding steroid dienone is 2. The summed E-state index contributed by atoms with van der Waals surface area (Å²) >= 11 is 0. The smallest absolute Gasteiger partial charge is 0.307 e. The van der Waals surface area contributed by atoms with Crippen LogP contribution in [-0.2, 0) is 9.59 Å². The lowest BCUT2D eigenvalue weighted by Gasteiger charge is -2.26. The van der Waals surface area contributed by atoms with E-state index in [1.807, 2.05) is 31.2 Å². The lowest BCUT2D eigenvalue weighted by molar-refractivity contribution is -0.146. The summed E-state index contributed by atoms with van der Waals surface area (Å²) in [6, 6.07) is 9.11. The summed E-state index contributed by atoms with van der Waals surface area (Å²) in [5.41, 5.74) is 1.77. The van der Waals surface area contributed by atoms with Crippen molar-refractivity contribution in [3.8, 4) is 0 Å². The Balaban J connectivity index is 2.12. The highest BCUT2D eigenvalue weighted by atomic mass is 16.4. The van der Waals surface area contributed by atoms with Crippen LogP contribution < -0.4 is 5.32 Å². The maximum atomic E-state index is 12.2. The van der Waals surface area contributed by atoms with Gasteiger partial charge in [-0.05, 0) is 31.9 Å². The fourth-order valence-corrected chi connectivity index (χ4v) is 2.37. The van der Waals surface area contributed by atoms with Crippen LogP contribution in [0.15, 0.2) is 42.0 Å². The molecule has 100 valence electrons. The van der Waals surface area contributed by atoms with Crippen LogP contribution in [0.2, 0.25) is 0 Å². The van der Waals surface area contributed by atoms with Crippen molar-refractivity contribution in [3.63, 3.8) is 0 Å². The maximum absolute atomic E-state index is 12.2. The number of nitrogens with one attached hydrogen (secondary N) is 1. The molecule has 0 saturated heterocycles. The molecule has 4 heteroatoms. The van der Waals surface area contributed by atoms with Gasteiger partial charge in [-0.15, -0.1) is 0 Å². The van der Waals surface area contributed by atoms with E-state index in [0.717, 1.165) is 5.57 Å². The number of carboxylic acid groups (broad SMARTS) is 1. The molecule has 19 heavy (non-hydrogen) atoms. The molecule has 0 spiro atoms. The van der Waals surface area contributed by atoms with Gasteiger partial charge in [0, 0.05) is 5.69 Å². The number of rotatable bonds is 3. The van der Waals surface area contributed by atoms with Gasteiger partial charge in [0.25, 0.3) is 0 Å². The first-order chi connectivity index (χ1) is 9.08.